The number of rotatable bonds is 9. The van der Waals surface area contributed by atoms with Gasteiger partial charge >= 0.3 is 6.61 Å². The highest BCUT2D eigenvalue weighted by Crippen LogP contribution is 2.38. The molecule has 0 radical (unpaired) electrons. The fourth-order valence-electron chi connectivity index (χ4n) is 3.34. The lowest BCUT2D eigenvalue weighted by atomic mass is 9.97. The molecule has 0 heterocycles. The Bertz CT molecular complexity index is 1060. The number of ether oxygens (including phenoxy) is 4. The van der Waals surface area contributed by atoms with Crippen molar-refractivity contribution in [3.05, 3.63) is 51.9 Å². The molecule has 0 amide bonds. The molecule has 0 unspecified atom stereocenters. The zero-order valence-corrected chi connectivity index (χ0v) is 18.1. The molecule has 0 saturated heterocycles. The van der Waals surface area contributed by atoms with E-state index in [1.807, 2.05) is 0 Å². The van der Waals surface area contributed by atoms with Crippen LogP contribution in [-0.2, 0) is 23.0 Å². The molecule has 0 spiro atoms. The normalized spacial score (nSPS) is 13.4. The van der Waals surface area contributed by atoms with E-state index in [4.69, 9.17) is 14.2 Å². The van der Waals surface area contributed by atoms with Crippen molar-refractivity contribution in [2.75, 3.05) is 21.3 Å². The summed E-state index contributed by atoms with van der Waals surface area (Å²) in [5, 5.41) is 0. The lowest BCUT2D eigenvalue weighted by Crippen LogP contribution is -2.25. The summed E-state index contributed by atoms with van der Waals surface area (Å²) >= 11 is 0. The van der Waals surface area contributed by atoms with Gasteiger partial charge in [0.1, 0.15) is 5.75 Å². The van der Waals surface area contributed by atoms with Gasteiger partial charge < -0.3 is 18.9 Å². The van der Waals surface area contributed by atoms with Crippen LogP contribution in [0.3, 0.4) is 0 Å². The van der Waals surface area contributed by atoms with E-state index in [2.05, 4.69) is 9.46 Å². The zero-order valence-electron chi connectivity index (χ0n) is 17.3. The SMILES string of the molecule is COc1cc(CNS(=O)(=O)C2=Cc3ccc(OC(F)F)cc3CC2)cc(OC)c1OC. The number of methoxy groups -OCH3 is 3. The van der Waals surface area contributed by atoms with E-state index in [1.54, 1.807) is 24.3 Å². The Kier molecular flexibility index (Phi) is 7.01. The van der Waals surface area contributed by atoms with Gasteiger partial charge in [0.05, 0.1) is 26.2 Å². The van der Waals surface area contributed by atoms with Crippen LogP contribution in [0.1, 0.15) is 23.1 Å². The van der Waals surface area contributed by atoms with Gasteiger partial charge in [-0.2, -0.15) is 8.78 Å². The number of allylic oxidation sites excluding steroid dienone is 1. The molecular weight excluding hydrogens is 432 g/mol. The molecule has 0 aliphatic heterocycles. The summed E-state index contributed by atoms with van der Waals surface area (Å²) in [5.74, 6) is 1.31. The zero-order chi connectivity index (χ0) is 22.6. The molecule has 31 heavy (non-hydrogen) atoms. The number of alkyl halides is 2. The maximum atomic E-state index is 12.8. The first-order valence-corrected chi connectivity index (χ1v) is 10.8. The van der Waals surface area contributed by atoms with Gasteiger partial charge in [0.15, 0.2) is 11.5 Å². The number of sulfonamides is 1. The maximum Gasteiger partial charge on any atom is 0.387 e. The molecule has 168 valence electrons. The smallest absolute Gasteiger partial charge is 0.387 e. The summed E-state index contributed by atoms with van der Waals surface area (Å²) in [4.78, 5) is 0.218. The Hall–Kier alpha value is -2.85. The van der Waals surface area contributed by atoms with E-state index >= 15 is 0 Å². The van der Waals surface area contributed by atoms with Gasteiger partial charge in [-0.15, -0.1) is 0 Å². The number of benzene rings is 2. The predicted molar refractivity (Wildman–Crippen MR) is 111 cm³/mol. The molecule has 1 N–H and O–H groups in total. The Morgan fingerprint density at radius 1 is 1.00 bits per heavy atom. The first-order chi connectivity index (χ1) is 14.8. The third-order valence-corrected chi connectivity index (χ3v) is 6.37. The molecule has 1 aliphatic carbocycles. The van der Waals surface area contributed by atoms with Crippen molar-refractivity contribution in [1.82, 2.24) is 4.72 Å². The van der Waals surface area contributed by atoms with Crippen molar-refractivity contribution < 1.29 is 36.1 Å². The van der Waals surface area contributed by atoms with Crippen LogP contribution in [0.15, 0.2) is 35.2 Å². The monoisotopic (exact) mass is 455 g/mol. The van der Waals surface area contributed by atoms with Crippen molar-refractivity contribution in [1.29, 1.82) is 0 Å². The van der Waals surface area contributed by atoms with Gasteiger partial charge in [-0.25, -0.2) is 13.1 Å². The van der Waals surface area contributed by atoms with E-state index < -0.39 is 16.6 Å². The van der Waals surface area contributed by atoms with Crippen molar-refractivity contribution >= 4 is 16.1 Å². The average molecular weight is 455 g/mol. The van der Waals surface area contributed by atoms with Gasteiger partial charge in [0.25, 0.3) is 0 Å². The highest BCUT2D eigenvalue weighted by molar-refractivity contribution is 7.93. The van der Waals surface area contributed by atoms with Crippen LogP contribution in [-0.4, -0.2) is 36.4 Å². The Labute approximate surface area is 179 Å². The minimum absolute atomic E-state index is 0.0183. The van der Waals surface area contributed by atoms with E-state index in [-0.39, 0.29) is 23.6 Å². The summed E-state index contributed by atoms with van der Waals surface area (Å²) in [6.45, 7) is -2.89. The standard InChI is InChI=1S/C21H23F2NO6S/c1-27-18-8-13(9-19(28-2)20(18)29-3)12-24-31(25,26)17-7-5-14-10-16(30-21(22)23)6-4-15(14)11-17/h4,6,8-11,21,24H,5,7,12H2,1-3H3. The summed E-state index contributed by atoms with van der Waals surface area (Å²) in [7, 11) is 0.683. The van der Waals surface area contributed by atoms with Gasteiger partial charge in [0, 0.05) is 6.54 Å². The van der Waals surface area contributed by atoms with E-state index in [0.29, 0.717) is 34.8 Å². The second kappa shape index (κ2) is 9.52. The van der Waals surface area contributed by atoms with E-state index in [0.717, 1.165) is 5.56 Å². The number of nitrogens with one attached hydrogen (secondary N) is 1. The fourth-order valence-corrected chi connectivity index (χ4v) is 4.53. The Morgan fingerprint density at radius 2 is 1.68 bits per heavy atom. The van der Waals surface area contributed by atoms with E-state index in [9.17, 15) is 17.2 Å². The molecule has 0 bridgehead atoms. The van der Waals surface area contributed by atoms with Crippen LogP contribution < -0.4 is 23.7 Å². The molecule has 0 atom stereocenters. The first-order valence-electron chi connectivity index (χ1n) is 9.34. The number of fused-ring (bicyclic) bond motifs is 1. The molecule has 1 aliphatic rings. The van der Waals surface area contributed by atoms with Gasteiger partial charge in [-0.05, 0) is 59.9 Å². The number of halogens is 2. The predicted octanol–water partition coefficient (Wildman–Crippen LogP) is 3.72. The third kappa shape index (κ3) is 5.26. The lowest BCUT2D eigenvalue weighted by Gasteiger charge is -2.19. The Balaban J connectivity index is 1.78. The van der Waals surface area contributed by atoms with Crippen LogP contribution in [0.25, 0.3) is 6.08 Å². The number of hydrogen-bond donors (Lipinski definition) is 1. The molecule has 0 saturated carbocycles. The summed E-state index contributed by atoms with van der Waals surface area (Å²) < 4.78 is 73.3. The highest BCUT2D eigenvalue weighted by Gasteiger charge is 2.23. The fraction of sp³-hybridized carbons (Fsp3) is 0.333. The first kappa shape index (κ1) is 22.8. The van der Waals surface area contributed by atoms with Gasteiger partial charge in [-0.1, -0.05) is 6.07 Å². The minimum Gasteiger partial charge on any atom is -0.493 e. The summed E-state index contributed by atoms with van der Waals surface area (Å²) in [6.07, 6.45) is 2.19. The van der Waals surface area contributed by atoms with Crippen molar-refractivity contribution in [3.63, 3.8) is 0 Å². The quantitative estimate of drug-likeness (QED) is 0.621. The van der Waals surface area contributed by atoms with Crippen molar-refractivity contribution in [2.45, 2.75) is 26.0 Å². The van der Waals surface area contributed by atoms with Gasteiger partial charge in [-0.3, -0.25) is 0 Å². The van der Waals surface area contributed by atoms with Crippen LogP contribution >= 0.6 is 0 Å². The molecule has 10 heteroatoms. The molecular formula is C21H23F2NO6S. The largest absolute Gasteiger partial charge is 0.493 e. The molecule has 2 aromatic carbocycles. The Morgan fingerprint density at radius 3 is 2.26 bits per heavy atom. The summed E-state index contributed by atoms with van der Waals surface area (Å²) in [5.41, 5.74) is 2.03. The van der Waals surface area contributed by atoms with Crippen molar-refractivity contribution in [3.8, 4) is 23.0 Å². The van der Waals surface area contributed by atoms with Crippen LogP contribution in [0.2, 0.25) is 0 Å². The molecule has 0 aromatic heterocycles. The molecule has 0 fully saturated rings. The minimum atomic E-state index is -3.76. The van der Waals surface area contributed by atoms with Gasteiger partial charge in [0.2, 0.25) is 15.8 Å². The average Bonchev–Trinajstić information content (AvgIpc) is 2.76. The van der Waals surface area contributed by atoms with Crippen LogP contribution in [0, 0.1) is 0 Å². The second-order valence-corrected chi connectivity index (χ2v) is 8.53. The number of hydrogen-bond acceptors (Lipinski definition) is 6. The van der Waals surface area contributed by atoms with Crippen LogP contribution in [0.4, 0.5) is 8.78 Å². The molecule has 7 nitrogen and oxygen atoms in total. The lowest BCUT2D eigenvalue weighted by molar-refractivity contribution is -0.0498. The number of aryl methyl sites for hydroxylation is 1. The third-order valence-electron chi connectivity index (χ3n) is 4.83. The highest BCUT2D eigenvalue weighted by atomic mass is 32.2. The van der Waals surface area contributed by atoms with Crippen LogP contribution in [0.5, 0.6) is 23.0 Å². The molecule has 2 aromatic rings. The van der Waals surface area contributed by atoms with Crippen molar-refractivity contribution in [2.24, 2.45) is 0 Å². The van der Waals surface area contributed by atoms with E-state index in [1.165, 1.54) is 33.5 Å². The second-order valence-electron chi connectivity index (χ2n) is 6.71. The topological polar surface area (TPSA) is 83.1 Å². The molecule has 3 rings (SSSR count). The summed E-state index contributed by atoms with van der Waals surface area (Å²) in [6, 6.07) is 7.80. The maximum absolute atomic E-state index is 12.8.